The number of carbonyl (C=O) groups is 1. The van der Waals surface area contributed by atoms with E-state index in [-0.39, 0.29) is 24.1 Å². The number of hydrogen-bond donors (Lipinski definition) is 1. The van der Waals surface area contributed by atoms with Crippen molar-refractivity contribution in [2.24, 2.45) is 5.16 Å². The molecular formula is C15H15N3O4. The molecule has 0 aromatic heterocycles. The largest absolute Gasteiger partial charge is 0.382 e. The van der Waals surface area contributed by atoms with E-state index in [1.165, 1.54) is 6.07 Å². The summed E-state index contributed by atoms with van der Waals surface area (Å²) in [7, 11) is 0. The lowest BCUT2D eigenvalue weighted by molar-refractivity contribution is -0.385. The topological polar surface area (TPSA) is 93.8 Å². The van der Waals surface area contributed by atoms with E-state index in [2.05, 4.69) is 10.5 Å². The fourth-order valence-corrected chi connectivity index (χ4v) is 2.58. The molecule has 1 aliphatic carbocycles. The van der Waals surface area contributed by atoms with E-state index in [1.54, 1.807) is 18.2 Å². The lowest BCUT2D eigenvalue weighted by Crippen LogP contribution is -2.40. The molecule has 1 unspecified atom stereocenters. The minimum atomic E-state index is -0.726. The first-order valence-electron chi connectivity index (χ1n) is 7.07. The van der Waals surface area contributed by atoms with Crippen LogP contribution in [0.3, 0.4) is 0 Å². The zero-order valence-electron chi connectivity index (χ0n) is 11.8. The Morgan fingerprint density at radius 3 is 2.77 bits per heavy atom. The minimum Gasteiger partial charge on any atom is -0.382 e. The van der Waals surface area contributed by atoms with E-state index in [0.717, 1.165) is 12.8 Å². The van der Waals surface area contributed by atoms with E-state index in [1.807, 2.05) is 12.2 Å². The van der Waals surface area contributed by atoms with E-state index in [4.69, 9.17) is 4.84 Å². The summed E-state index contributed by atoms with van der Waals surface area (Å²) in [4.78, 5) is 27.9. The van der Waals surface area contributed by atoms with Gasteiger partial charge in [-0.2, -0.15) is 0 Å². The summed E-state index contributed by atoms with van der Waals surface area (Å²) in [6.07, 6.45) is 5.19. The maximum atomic E-state index is 12.1. The molecule has 0 radical (unpaired) electrons. The first-order chi connectivity index (χ1) is 10.6. The van der Waals surface area contributed by atoms with Gasteiger partial charge < -0.3 is 10.2 Å². The number of hydrogen-bond acceptors (Lipinski definition) is 5. The van der Waals surface area contributed by atoms with Crippen LogP contribution in [-0.4, -0.2) is 28.7 Å². The number of nitro benzene ring substituents is 1. The molecule has 114 valence electrons. The Morgan fingerprint density at radius 2 is 2.05 bits per heavy atom. The Labute approximate surface area is 126 Å². The Balaban J connectivity index is 1.67. The van der Waals surface area contributed by atoms with E-state index in [0.29, 0.717) is 11.3 Å². The molecule has 1 N–H and O–H groups in total. The summed E-state index contributed by atoms with van der Waals surface area (Å²) < 4.78 is 0. The maximum Gasteiger partial charge on any atom is 0.278 e. The van der Waals surface area contributed by atoms with Gasteiger partial charge in [-0.05, 0) is 18.9 Å². The van der Waals surface area contributed by atoms with Crippen LogP contribution in [-0.2, 0) is 9.63 Å². The molecule has 1 aromatic rings. The van der Waals surface area contributed by atoms with Crippen LogP contribution in [0.15, 0.2) is 41.6 Å². The van der Waals surface area contributed by atoms with Gasteiger partial charge in [0.2, 0.25) is 6.10 Å². The van der Waals surface area contributed by atoms with Crippen LogP contribution in [0.2, 0.25) is 0 Å². The second kappa shape index (κ2) is 5.97. The van der Waals surface area contributed by atoms with Gasteiger partial charge in [0.1, 0.15) is 0 Å². The fraction of sp³-hybridized carbons (Fsp3) is 0.333. The molecule has 3 rings (SSSR count). The van der Waals surface area contributed by atoms with Crippen LogP contribution in [0.5, 0.6) is 0 Å². The van der Waals surface area contributed by atoms with Crippen molar-refractivity contribution >= 4 is 17.3 Å². The first kappa shape index (κ1) is 14.2. The first-order valence-corrected chi connectivity index (χ1v) is 7.07. The van der Waals surface area contributed by atoms with E-state index in [9.17, 15) is 14.9 Å². The summed E-state index contributed by atoms with van der Waals surface area (Å²) in [5.41, 5.74) is 0.785. The normalized spacial score (nSPS) is 20.5. The molecule has 7 nitrogen and oxygen atoms in total. The van der Waals surface area contributed by atoms with Crippen LogP contribution in [0.25, 0.3) is 0 Å². The Morgan fingerprint density at radius 1 is 1.32 bits per heavy atom. The number of para-hydroxylation sites is 1. The van der Waals surface area contributed by atoms with Crippen molar-refractivity contribution in [3.63, 3.8) is 0 Å². The van der Waals surface area contributed by atoms with Gasteiger partial charge >= 0.3 is 0 Å². The number of carbonyl (C=O) groups excluding carboxylic acids is 1. The minimum absolute atomic E-state index is 0.0362. The zero-order valence-corrected chi connectivity index (χ0v) is 11.8. The molecule has 0 spiro atoms. The van der Waals surface area contributed by atoms with Crippen molar-refractivity contribution in [2.45, 2.75) is 31.4 Å². The summed E-state index contributed by atoms with van der Waals surface area (Å²) >= 11 is 0. The molecule has 1 heterocycles. The fourth-order valence-electron chi connectivity index (χ4n) is 2.58. The quantitative estimate of drug-likeness (QED) is 0.522. The standard InChI is InChI=1S/C15H15N3O4/c19-15(16-10-5-1-2-6-10)14-9-12(17-22-14)11-7-3-4-8-13(11)18(20)21/h1-4,7-8,10,14H,5-6,9H2,(H,16,19). The smallest absolute Gasteiger partial charge is 0.278 e. The van der Waals surface area contributed by atoms with Crippen molar-refractivity contribution in [2.75, 3.05) is 0 Å². The van der Waals surface area contributed by atoms with E-state index >= 15 is 0 Å². The van der Waals surface area contributed by atoms with Crippen molar-refractivity contribution in [3.05, 3.63) is 52.1 Å². The molecule has 2 aliphatic rings. The molecule has 0 fully saturated rings. The van der Waals surface area contributed by atoms with Crippen LogP contribution in [0.1, 0.15) is 24.8 Å². The molecule has 1 aliphatic heterocycles. The highest BCUT2D eigenvalue weighted by atomic mass is 16.6. The molecule has 0 saturated heterocycles. The van der Waals surface area contributed by atoms with Crippen LogP contribution in [0.4, 0.5) is 5.69 Å². The summed E-state index contributed by atoms with van der Waals surface area (Å²) in [5, 5.41) is 17.8. The molecule has 22 heavy (non-hydrogen) atoms. The van der Waals surface area contributed by atoms with Gasteiger partial charge in [-0.3, -0.25) is 14.9 Å². The van der Waals surface area contributed by atoms with Crippen LogP contribution in [0, 0.1) is 10.1 Å². The lowest BCUT2D eigenvalue weighted by atomic mass is 10.0. The number of benzene rings is 1. The van der Waals surface area contributed by atoms with Crippen LogP contribution < -0.4 is 5.32 Å². The lowest BCUT2D eigenvalue weighted by Gasteiger charge is -2.14. The Kier molecular flexibility index (Phi) is 3.86. The van der Waals surface area contributed by atoms with Gasteiger partial charge in [-0.15, -0.1) is 0 Å². The molecule has 7 heteroatoms. The van der Waals surface area contributed by atoms with Crippen molar-refractivity contribution in [1.82, 2.24) is 5.32 Å². The number of nitrogens with one attached hydrogen (secondary N) is 1. The second-order valence-corrected chi connectivity index (χ2v) is 5.26. The van der Waals surface area contributed by atoms with Gasteiger partial charge in [0.15, 0.2) is 0 Å². The number of rotatable bonds is 4. The third-order valence-corrected chi connectivity index (χ3v) is 3.73. The number of amides is 1. The summed E-state index contributed by atoms with van der Waals surface area (Å²) in [5.74, 6) is -0.231. The highest BCUT2D eigenvalue weighted by molar-refractivity contribution is 6.06. The molecular weight excluding hydrogens is 286 g/mol. The van der Waals surface area contributed by atoms with Gasteiger partial charge in [-0.25, -0.2) is 0 Å². The highest BCUT2D eigenvalue weighted by Gasteiger charge is 2.32. The highest BCUT2D eigenvalue weighted by Crippen LogP contribution is 2.24. The third-order valence-electron chi connectivity index (χ3n) is 3.73. The average Bonchev–Trinajstić information content (AvgIpc) is 3.18. The second-order valence-electron chi connectivity index (χ2n) is 5.26. The Bertz CT molecular complexity index is 661. The van der Waals surface area contributed by atoms with Crippen molar-refractivity contribution < 1.29 is 14.6 Å². The SMILES string of the molecule is O=C(NC1CC=CC1)C1CC(c2ccccc2[N+](=O)[O-])=NO1. The summed E-state index contributed by atoms with van der Waals surface area (Å²) in [6.45, 7) is 0. The number of nitrogens with zero attached hydrogens (tertiary/aromatic N) is 2. The van der Waals surface area contributed by atoms with Crippen LogP contribution >= 0.6 is 0 Å². The average molecular weight is 301 g/mol. The van der Waals surface area contributed by atoms with Gasteiger partial charge in [0.25, 0.3) is 11.6 Å². The predicted octanol–water partition coefficient (Wildman–Crippen LogP) is 1.92. The number of oxime groups is 1. The molecule has 1 atom stereocenters. The Hall–Kier alpha value is -2.70. The third kappa shape index (κ3) is 2.83. The van der Waals surface area contributed by atoms with Crippen molar-refractivity contribution in [3.8, 4) is 0 Å². The van der Waals surface area contributed by atoms with Gasteiger partial charge in [0.05, 0.1) is 16.2 Å². The number of nitro groups is 1. The van der Waals surface area contributed by atoms with Gasteiger partial charge in [-0.1, -0.05) is 29.4 Å². The molecule has 1 amide bonds. The summed E-state index contributed by atoms with van der Waals surface area (Å²) in [6, 6.07) is 6.42. The van der Waals surface area contributed by atoms with Gasteiger partial charge in [0, 0.05) is 18.5 Å². The molecule has 0 bridgehead atoms. The van der Waals surface area contributed by atoms with E-state index < -0.39 is 11.0 Å². The van der Waals surface area contributed by atoms with Crippen molar-refractivity contribution in [1.29, 1.82) is 0 Å². The molecule has 1 aromatic carbocycles. The molecule has 0 saturated carbocycles. The zero-order chi connectivity index (χ0) is 15.5. The monoisotopic (exact) mass is 301 g/mol. The predicted molar refractivity (Wildman–Crippen MR) is 79.4 cm³/mol. The maximum absolute atomic E-state index is 12.1.